The zero-order valence-corrected chi connectivity index (χ0v) is 23.3. The first kappa shape index (κ1) is 27.3. The van der Waals surface area contributed by atoms with Crippen molar-refractivity contribution in [1.82, 2.24) is 28.6 Å². The first-order chi connectivity index (χ1) is 18.0. The Labute approximate surface area is 224 Å². The highest BCUT2D eigenvalue weighted by atomic mass is 32.2. The number of amides is 1. The number of sulfonamides is 1. The standard InChI is InChI=1S/C26H40N6O5S/c1-18(2)32-26(35)24(15-22-5-4-8-31(22)32)25(34)27-19-13-20-6-7-21(14-19)30(20)17-23(33)16-28-9-11-29(12-10-28)38(3,36)37/h4-5,8,15,18-21,23,33H,6-7,9-14,16-17H2,1-3H3,(H,27,34)/t19?,20?,21?,23-/m0/s1. The fourth-order valence-corrected chi connectivity index (χ4v) is 7.40. The molecule has 2 bridgehead atoms. The number of fused-ring (bicyclic) bond motifs is 3. The third-order valence-corrected chi connectivity index (χ3v) is 9.67. The van der Waals surface area contributed by atoms with Crippen molar-refractivity contribution in [2.24, 2.45) is 0 Å². The molecule has 0 saturated carbocycles. The molecule has 12 heteroatoms. The molecule has 0 aromatic carbocycles. The topological polar surface area (TPSA) is 120 Å². The summed E-state index contributed by atoms with van der Waals surface area (Å²) < 4.78 is 28.4. The lowest BCUT2D eigenvalue weighted by Crippen LogP contribution is -2.55. The monoisotopic (exact) mass is 548 g/mol. The summed E-state index contributed by atoms with van der Waals surface area (Å²) >= 11 is 0. The lowest BCUT2D eigenvalue weighted by molar-refractivity contribution is 0.0276. The summed E-state index contributed by atoms with van der Waals surface area (Å²) in [5.74, 6) is -0.320. The second kappa shape index (κ2) is 10.7. The van der Waals surface area contributed by atoms with E-state index in [-0.39, 0.29) is 41.2 Å². The van der Waals surface area contributed by atoms with Crippen molar-refractivity contribution >= 4 is 21.4 Å². The van der Waals surface area contributed by atoms with Crippen LogP contribution in [0.2, 0.25) is 0 Å². The minimum Gasteiger partial charge on any atom is -0.390 e. The third-order valence-electron chi connectivity index (χ3n) is 8.37. The number of carbonyl (C=O) groups is 1. The number of carbonyl (C=O) groups excluding carboxylic acids is 1. The Morgan fingerprint density at radius 1 is 1.11 bits per heavy atom. The third kappa shape index (κ3) is 5.55. The molecular formula is C26H40N6O5S. The lowest BCUT2D eigenvalue weighted by Gasteiger charge is -2.41. The van der Waals surface area contributed by atoms with Crippen molar-refractivity contribution in [3.8, 4) is 0 Å². The Balaban J connectivity index is 1.17. The zero-order chi connectivity index (χ0) is 27.2. The Morgan fingerprint density at radius 3 is 2.37 bits per heavy atom. The fourth-order valence-electron chi connectivity index (χ4n) is 6.57. The van der Waals surface area contributed by atoms with Gasteiger partial charge in [0.05, 0.1) is 17.9 Å². The molecule has 11 nitrogen and oxygen atoms in total. The molecule has 2 N–H and O–H groups in total. The minimum atomic E-state index is -3.17. The van der Waals surface area contributed by atoms with Gasteiger partial charge in [-0.05, 0) is 57.7 Å². The molecule has 210 valence electrons. The largest absolute Gasteiger partial charge is 0.390 e. The molecule has 5 heterocycles. The van der Waals surface area contributed by atoms with E-state index in [0.717, 1.165) is 31.2 Å². The summed E-state index contributed by atoms with van der Waals surface area (Å²) in [4.78, 5) is 30.9. The van der Waals surface area contributed by atoms with Crippen LogP contribution in [0.15, 0.2) is 29.2 Å². The van der Waals surface area contributed by atoms with Crippen LogP contribution >= 0.6 is 0 Å². The molecule has 1 amide bonds. The fraction of sp³-hybridized carbons (Fsp3) is 0.692. The molecule has 3 atom stereocenters. The molecule has 5 rings (SSSR count). The van der Waals surface area contributed by atoms with Crippen LogP contribution in [0.3, 0.4) is 0 Å². The van der Waals surface area contributed by atoms with E-state index in [4.69, 9.17) is 0 Å². The summed E-state index contributed by atoms with van der Waals surface area (Å²) in [6, 6.07) is 5.92. The average Bonchev–Trinajstić information content (AvgIpc) is 3.38. The van der Waals surface area contributed by atoms with Crippen LogP contribution in [0, 0.1) is 0 Å². The summed E-state index contributed by atoms with van der Waals surface area (Å²) in [5, 5.41) is 14.0. The van der Waals surface area contributed by atoms with Crippen LogP contribution in [0.4, 0.5) is 0 Å². The van der Waals surface area contributed by atoms with E-state index in [1.54, 1.807) is 15.3 Å². The normalized spacial score (nSPS) is 26.3. The molecular weight excluding hydrogens is 508 g/mol. The van der Waals surface area contributed by atoms with Crippen molar-refractivity contribution < 1.29 is 18.3 Å². The number of nitrogens with one attached hydrogen (secondary N) is 1. The van der Waals surface area contributed by atoms with E-state index in [1.165, 1.54) is 10.6 Å². The number of aliphatic hydroxyl groups is 1. The van der Waals surface area contributed by atoms with E-state index in [1.807, 2.05) is 32.2 Å². The number of hydrogen-bond donors (Lipinski definition) is 2. The summed E-state index contributed by atoms with van der Waals surface area (Å²) in [6.45, 7) is 7.13. The summed E-state index contributed by atoms with van der Waals surface area (Å²) in [5.41, 5.74) is 0.693. The number of hydrogen-bond acceptors (Lipinski definition) is 7. The highest BCUT2D eigenvalue weighted by molar-refractivity contribution is 7.88. The van der Waals surface area contributed by atoms with Gasteiger partial charge in [-0.2, -0.15) is 4.31 Å². The van der Waals surface area contributed by atoms with Crippen molar-refractivity contribution in [2.45, 2.75) is 69.8 Å². The van der Waals surface area contributed by atoms with Gasteiger partial charge in [0.15, 0.2) is 0 Å². The van der Waals surface area contributed by atoms with Crippen molar-refractivity contribution in [3.05, 3.63) is 40.3 Å². The van der Waals surface area contributed by atoms with Gasteiger partial charge in [-0.3, -0.25) is 23.9 Å². The second-order valence-electron chi connectivity index (χ2n) is 11.4. The van der Waals surface area contributed by atoms with Crippen LogP contribution in [0.5, 0.6) is 0 Å². The Hall–Kier alpha value is -2.25. The first-order valence-corrected chi connectivity index (χ1v) is 15.5. The smallest absolute Gasteiger partial charge is 0.278 e. The van der Waals surface area contributed by atoms with Gasteiger partial charge in [0.2, 0.25) is 10.0 Å². The lowest BCUT2D eigenvalue weighted by atomic mass is 9.96. The highest BCUT2D eigenvalue weighted by Crippen LogP contribution is 2.36. The maximum Gasteiger partial charge on any atom is 0.278 e. The van der Waals surface area contributed by atoms with Gasteiger partial charge in [-0.15, -0.1) is 0 Å². The van der Waals surface area contributed by atoms with E-state index < -0.39 is 16.1 Å². The number of β-amino-alcohol motifs (C(OH)–C–C–N with tert-alkyl or cyclic N) is 1. The van der Waals surface area contributed by atoms with E-state index >= 15 is 0 Å². The van der Waals surface area contributed by atoms with Crippen LogP contribution in [0.25, 0.3) is 5.52 Å². The Bertz CT molecular complexity index is 1320. The molecule has 3 saturated heterocycles. The zero-order valence-electron chi connectivity index (χ0n) is 22.5. The van der Waals surface area contributed by atoms with Gasteiger partial charge in [0, 0.05) is 69.6 Å². The molecule has 0 aliphatic carbocycles. The van der Waals surface area contributed by atoms with Gasteiger partial charge >= 0.3 is 0 Å². The van der Waals surface area contributed by atoms with Gasteiger partial charge in [0.1, 0.15) is 5.56 Å². The summed E-state index contributed by atoms with van der Waals surface area (Å²) in [7, 11) is -3.17. The molecule has 2 aromatic rings. The molecule has 3 aliphatic rings. The first-order valence-electron chi connectivity index (χ1n) is 13.7. The van der Waals surface area contributed by atoms with E-state index in [0.29, 0.717) is 39.3 Å². The van der Waals surface area contributed by atoms with Crippen LogP contribution < -0.4 is 10.9 Å². The predicted molar refractivity (Wildman–Crippen MR) is 145 cm³/mol. The molecule has 2 unspecified atom stereocenters. The molecule has 0 spiro atoms. The van der Waals surface area contributed by atoms with Gasteiger partial charge in [0.25, 0.3) is 11.5 Å². The molecule has 0 radical (unpaired) electrons. The Kier molecular flexibility index (Phi) is 7.71. The highest BCUT2D eigenvalue weighted by Gasteiger charge is 2.42. The number of rotatable bonds is 8. The van der Waals surface area contributed by atoms with E-state index in [9.17, 15) is 23.1 Å². The molecule has 3 aliphatic heterocycles. The maximum absolute atomic E-state index is 13.2. The van der Waals surface area contributed by atoms with Crippen LogP contribution in [-0.2, 0) is 10.0 Å². The van der Waals surface area contributed by atoms with Crippen LogP contribution in [0.1, 0.15) is 55.9 Å². The molecule has 2 aromatic heterocycles. The van der Waals surface area contributed by atoms with Crippen molar-refractivity contribution in [2.75, 3.05) is 45.5 Å². The second-order valence-corrected chi connectivity index (χ2v) is 13.4. The van der Waals surface area contributed by atoms with Gasteiger partial charge in [-0.1, -0.05) is 0 Å². The van der Waals surface area contributed by atoms with E-state index in [2.05, 4.69) is 15.1 Å². The maximum atomic E-state index is 13.2. The Morgan fingerprint density at radius 2 is 1.76 bits per heavy atom. The molecule has 3 fully saturated rings. The number of aliphatic hydroxyl groups excluding tert-OH is 1. The SMILES string of the molecule is CC(C)n1c(=O)c(C(=O)NC2CC3CCC(C2)N3C[C@@H](O)CN2CCN(S(C)(=O)=O)CC2)cc2cccn21. The molecule has 38 heavy (non-hydrogen) atoms. The van der Waals surface area contributed by atoms with Crippen molar-refractivity contribution in [3.63, 3.8) is 0 Å². The average molecular weight is 549 g/mol. The number of piperazine rings is 1. The predicted octanol–water partition coefficient (Wildman–Crippen LogP) is 0.345. The number of piperidine rings is 1. The number of aromatic nitrogens is 2. The minimum absolute atomic E-state index is 0.00706. The quantitative estimate of drug-likeness (QED) is 0.488. The number of nitrogens with zero attached hydrogens (tertiary/aromatic N) is 5. The van der Waals surface area contributed by atoms with Gasteiger partial charge < -0.3 is 10.4 Å². The van der Waals surface area contributed by atoms with Crippen LogP contribution in [-0.4, -0.2) is 112 Å². The van der Waals surface area contributed by atoms with Gasteiger partial charge in [-0.25, -0.2) is 13.1 Å². The summed E-state index contributed by atoms with van der Waals surface area (Å²) in [6.07, 6.45) is 6.22. The van der Waals surface area contributed by atoms with Crippen molar-refractivity contribution in [1.29, 1.82) is 0 Å².